The third kappa shape index (κ3) is 6.82. The van der Waals surface area contributed by atoms with E-state index < -0.39 is 35.1 Å². The van der Waals surface area contributed by atoms with Gasteiger partial charge in [0.25, 0.3) is 5.91 Å². The largest absolute Gasteiger partial charge is 0.482 e. The van der Waals surface area contributed by atoms with Gasteiger partial charge in [-0.2, -0.15) is 5.10 Å². The normalized spacial score (nSPS) is 11.3. The summed E-state index contributed by atoms with van der Waals surface area (Å²) in [5.74, 6) is -1.33. The van der Waals surface area contributed by atoms with Gasteiger partial charge in [0, 0.05) is 0 Å². The van der Waals surface area contributed by atoms with E-state index in [1.165, 1.54) is 18.3 Å². The zero-order chi connectivity index (χ0) is 20.6. The topological polar surface area (TPSA) is 134 Å². The molecule has 0 aliphatic heterocycles. The number of carboxylic acids is 1. The van der Waals surface area contributed by atoms with Crippen LogP contribution in [-0.2, 0) is 19.6 Å². The highest BCUT2D eigenvalue weighted by molar-refractivity contribution is 7.89. The van der Waals surface area contributed by atoms with Crippen LogP contribution in [0.4, 0.5) is 0 Å². The molecule has 10 heteroatoms. The number of carbonyl (C=O) groups excluding carboxylic acids is 1. The molecular weight excluding hydrogens is 386 g/mol. The van der Waals surface area contributed by atoms with Crippen LogP contribution in [0.1, 0.15) is 11.1 Å². The highest BCUT2D eigenvalue weighted by atomic mass is 32.2. The first-order valence-electron chi connectivity index (χ1n) is 8.09. The fourth-order valence-corrected chi connectivity index (χ4v) is 2.96. The number of nitrogens with zero attached hydrogens (tertiary/aromatic N) is 1. The van der Waals surface area contributed by atoms with Crippen molar-refractivity contribution in [1.82, 2.24) is 10.1 Å². The van der Waals surface area contributed by atoms with Crippen LogP contribution in [0.3, 0.4) is 0 Å². The van der Waals surface area contributed by atoms with E-state index in [9.17, 15) is 18.0 Å². The quantitative estimate of drug-likeness (QED) is 0.419. The lowest BCUT2D eigenvalue weighted by Crippen LogP contribution is -2.34. The van der Waals surface area contributed by atoms with Crippen molar-refractivity contribution in [3.63, 3.8) is 0 Å². The van der Waals surface area contributed by atoms with E-state index in [-0.39, 0.29) is 4.90 Å². The van der Waals surface area contributed by atoms with Gasteiger partial charge >= 0.3 is 5.97 Å². The predicted octanol–water partition coefficient (Wildman–Crippen LogP) is 0.887. The summed E-state index contributed by atoms with van der Waals surface area (Å²) in [7, 11) is -3.78. The first-order chi connectivity index (χ1) is 13.3. The number of amides is 1. The summed E-state index contributed by atoms with van der Waals surface area (Å²) in [6.45, 7) is 0.934. The summed E-state index contributed by atoms with van der Waals surface area (Å²) in [6, 6.07) is 12.6. The number of aryl methyl sites for hydroxylation is 1. The van der Waals surface area contributed by atoms with E-state index in [2.05, 4.69) is 15.2 Å². The lowest BCUT2D eigenvalue weighted by atomic mass is 10.2. The number of ether oxygens (including phenoxy) is 1. The van der Waals surface area contributed by atoms with Crippen molar-refractivity contribution < 1.29 is 27.9 Å². The Morgan fingerprint density at radius 1 is 1.11 bits per heavy atom. The molecule has 2 aromatic rings. The van der Waals surface area contributed by atoms with Crippen molar-refractivity contribution in [2.45, 2.75) is 11.8 Å². The number of hydrogen-bond donors (Lipinski definition) is 3. The Labute approximate surface area is 162 Å². The van der Waals surface area contributed by atoms with Crippen LogP contribution in [0, 0.1) is 6.92 Å². The van der Waals surface area contributed by atoms with Gasteiger partial charge in [0.1, 0.15) is 5.75 Å². The van der Waals surface area contributed by atoms with E-state index in [0.717, 1.165) is 5.56 Å². The highest BCUT2D eigenvalue weighted by Gasteiger charge is 2.14. The number of nitrogens with one attached hydrogen (secondary N) is 2. The number of hydrogen-bond acceptors (Lipinski definition) is 6. The minimum Gasteiger partial charge on any atom is -0.482 e. The van der Waals surface area contributed by atoms with Crippen LogP contribution in [-0.4, -0.2) is 44.8 Å². The van der Waals surface area contributed by atoms with Crippen molar-refractivity contribution in [1.29, 1.82) is 0 Å². The van der Waals surface area contributed by atoms with Gasteiger partial charge in [-0.15, -0.1) is 0 Å². The minimum atomic E-state index is -3.78. The smallest absolute Gasteiger partial charge is 0.341 e. The number of rotatable bonds is 9. The number of hydrazone groups is 1. The molecule has 9 nitrogen and oxygen atoms in total. The molecule has 28 heavy (non-hydrogen) atoms. The molecule has 2 rings (SSSR count). The lowest BCUT2D eigenvalue weighted by molar-refractivity contribution is -0.139. The average Bonchev–Trinajstić information content (AvgIpc) is 2.66. The van der Waals surface area contributed by atoms with Crippen LogP contribution < -0.4 is 14.9 Å². The maximum absolute atomic E-state index is 12.1. The molecule has 1 amide bonds. The molecule has 0 aromatic heterocycles. The average molecular weight is 405 g/mol. The highest BCUT2D eigenvalue weighted by Crippen LogP contribution is 2.11. The van der Waals surface area contributed by atoms with Gasteiger partial charge in [0.05, 0.1) is 17.7 Å². The molecule has 0 radical (unpaired) electrons. The van der Waals surface area contributed by atoms with Gasteiger partial charge in [0.15, 0.2) is 6.61 Å². The summed E-state index contributed by atoms with van der Waals surface area (Å²) in [4.78, 5) is 22.2. The van der Waals surface area contributed by atoms with Crippen LogP contribution in [0.5, 0.6) is 5.75 Å². The molecule has 0 bridgehead atoms. The van der Waals surface area contributed by atoms with E-state index >= 15 is 0 Å². The zero-order valence-electron chi connectivity index (χ0n) is 15.0. The Balaban J connectivity index is 1.81. The van der Waals surface area contributed by atoms with Gasteiger partial charge in [-0.1, -0.05) is 17.7 Å². The molecule has 0 fully saturated rings. The fourth-order valence-electron chi connectivity index (χ4n) is 1.97. The van der Waals surface area contributed by atoms with Crippen molar-refractivity contribution in [2.75, 3.05) is 13.2 Å². The van der Waals surface area contributed by atoms with E-state index in [0.29, 0.717) is 11.3 Å². The number of benzene rings is 2. The number of carbonyl (C=O) groups is 2. The predicted molar refractivity (Wildman–Crippen MR) is 102 cm³/mol. The molecule has 3 N–H and O–H groups in total. The minimum absolute atomic E-state index is 0.0691. The van der Waals surface area contributed by atoms with Gasteiger partial charge in [-0.05, 0) is 48.9 Å². The van der Waals surface area contributed by atoms with Gasteiger partial charge in [-0.25, -0.2) is 23.4 Å². The second-order valence-electron chi connectivity index (χ2n) is 5.68. The number of sulfonamides is 1. The van der Waals surface area contributed by atoms with Crippen molar-refractivity contribution >= 4 is 28.1 Å². The number of carboxylic acid groups (broad SMARTS) is 1. The second kappa shape index (κ2) is 9.62. The van der Waals surface area contributed by atoms with Gasteiger partial charge in [-0.3, -0.25) is 4.79 Å². The molecule has 148 valence electrons. The summed E-state index contributed by atoms with van der Waals surface area (Å²) in [5, 5.41) is 12.3. The third-order valence-corrected chi connectivity index (χ3v) is 4.82. The third-order valence-electron chi connectivity index (χ3n) is 3.40. The Hall–Kier alpha value is -3.24. The lowest BCUT2D eigenvalue weighted by Gasteiger charge is -2.06. The molecule has 0 atom stereocenters. The van der Waals surface area contributed by atoms with Crippen molar-refractivity contribution in [2.24, 2.45) is 5.10 Å². The second-order valence-corrected chi connectivity index (χ2v) is 7.45. The summed E-state index contributed by atoms with van der Waals surface area (Å²) in [6.07, 6.45) is 1.35. The number of aliphatic carboxylic acids is 1. The molecule has 0 aliphatic carbocycles. The van der Waals surface area contributed by atoms with Crippen LogP contribution >= 0.6 is 0 Å². The van der Waals surface area contributed by atoms with Gasteiger partial charge in [0.2, 0.25) is 10.0 Å². The van der Waals surface area contributed by atoms with Gasteiger partial charge < -0.3 is 9.84 Å². The van der Waals surface area contributed by atoms with Crippen molar-refractivity contribution in [3.05, 3.63) is 59.7 Å². The summed E-state index contributed by atoms with van der Waals surface area (Å²) >= 11 is 0. The monoisotopic (exact) mass is 405 g/mol. The molecule has 0 saturated heterocycles. The Bertz CT molecular complexity index is 954. The molecule has 0 spiro atoms. The molecule has 0 aliphatic rings. The fraction of sp³-hybridized carbons (Fsp3) is 0.167. The Morgan fingerprint density at radius 3 is 2.36 bits per heavy atom. The Kier molecular flexibility index (Phi) is 7.24. The Morgan fingerprint density at radius 2 is 1.75 bits per heavy atom. The molecular formula is C18H19N3O6S. The van der Waals surface area contributed by atoms with E-state index in [1.54, 1.807) is 36.4 Å². The molecule has 0 saturated carbocycles. The summed E-state index contributed by atoms with van der Waals surface area (Å²) in [5.41, 5.74) is 3.77. The maximum atomic E-state index is 12.1. The first kappa shape index (κ1) is 21.1. The van der Waals surface area contributed by atoms with Crippen molar-refractivity contribution in [3.8, 4) is 5.75 Å². The molecule has 0 heterocycles. The first-order valence-corrected chi connectivity index (χ1v) is 9.57. The van der Waals surface area contributed by atoms with E-state index in [4.69, 9.17) is 9.84 Å². The SMILES string of the molecule is Cc1ccc(S(=O)(=O)NCC(=O)N/N=C/c2ccc(OCC(=O)O)cc2)cc1. The molecule has 2 aromatic carbocycles. The van der Waals surface area contributed by atoms with Crippen LogP contribution in [0.25, 0.3) is 0 Å². The zero-order valence-corrected chi connectivity index (χ0v) is 15.8. The van der Waals surface area contributed by atoms with Crippen LogP contribution in [0.15, 0.2) is 58.5 Å². The van der Waals surface area contributed by atoms with Crippen LogP contribution in [0.2, 0.25) is 0 Å². The molecule has 0 unspecified atom stereocenters. The standard InChI is InChI=1S/C18H19N3O6S/c1-13-2-8-16(9-3-13)28(25,26)20-11-17(22)21-19-10-14-4-6-15(7-5-14)27-12-18(23)24/h2-10,20H,11-12H2,1H3,(H,21,22)(H,23,24)/b19-10+. The van der Waals surface area contributed by atoms with E-state index in [1.807, 2.05) is 6.92 Å². The summed E-state index contributed by atoms with van der Waals surface area (Å²) < 4.78 is 31.4. The maximum Gasteiger partial charge on any atom is 0.341 e.